The predicted octanol–water partition coefficient (Wildman–Crippen LogP) is 0.417. The zero-order valence-corrected chi connectivity index (χ0v) is 9.75. The minimum atomic E-state index is -0.791. The summed E-state index contributed by atoms with van der Waals surface area (Å²) in [5.74, 6) is -0.375. The third-order valence-corrected chi connectivity index (χ3v) is 2.97. The molecule has 0 aromatic rings. The van der Waals surface area contributed by atoms with Gasteiger partial charge in [0, 0.05) is 13.1 Å². The van der Waals surface area contributed by atoms with Crippen LogP contribution in [0.5, 0.6) is 0 Å². The van der Waals surface area contributed by atoms with Crippen LogP contribution in [0.15, 0.2) is 0 Å². The van der Waals surface area contributed by atoms with Gasteiger partial charge in [-0.3, -0.25) is 9.59 Å². The second kappa shape index (κ2) is 4.97. The molecular formula is C11H17N3O2. The maximum atomic E-state index is 11.8. The number of nitrogens with zero attached hydrogens (tertiary/aromatic N) is 2. The van der Waals surface area contributed by atoms with Crippen molar-refractivity contribution in [3.8, 4) is 6.07 Å². The fourth-order valence-corrected chi connectivity index (χ4v) is 2.14. The van der Waals surface area contributed by atoms with Crippen molar-refractivity contribution in [2.24, 2.45) is 0 Å². The van der Waals surface area contributed by atoms with Crippen LogP contribution in [0, 0.1) is 11.3 Å². The van der Waals surface area contributed by atoms with Gasteiger partial charge >= 0.3 is 0 Å². The molecule has 0 saturated carbocycles. The fraction of sp³-hybridized carbons (Fsp3) is 0.727. The Morgan fingerprint density at radius 3 is 2.94 bits per heavy atom. The zero-order chi connectivity index (χ0) is 12.2. The van der Waals surface area contributed by atoms with E-state index in [4.69, 9.17) is 5.26 Å². The summed E-state index contributed by atoms with van der Waals surface area (Å²) in [6.07, 6.45) is 1.28. The molecule has 88 valence electrons. The van der Waals surface area contributed by atoms with E-state index >= 15 is 0 Å². The number of nitrogens with one attached hydrogen (secondary N) is 1. The monoisotopic (exact) mass is 223 g/mol. The second-order valence-corrected chi connectivity index (χ2v) is 4.16. The summed E-state index contributed by atoms with van der Waals surface area (Å²) in [5, 5.41) is 11.3. The van der Waals surface area contributed by atoms with Gasteiger partial charge < -0.3 is 10.2 Å². The molecule has 5 heteroatoms. The van der Waals surface area contributed by atoms with Gasteiger partial charge in [0.15, 0.2) is 0 Å². The number of nitriles is 1. The molecule has 1 saturated heterocycles. The summed E-state index contributed by atoms with van der Waals surface area (Å²) in [7, 11) is 0. The van der Waals surface area contributed by atoms with Crippen LogP contribution in [0.3, 0.4) is 0 Å². The van der Waals surface area contributed by atoms with Gasteiger partial charge in [0.2, 0.25) is 11.8 Å². The minimum absolute atomic E-state index is 0.119. The van der Waals surface area contributed by atoms with Crippen LogP contribution in [0.1, 0.15) is 33.1 Å². The number of hydrogen-bond donors (Lipinski definition) is 1. The van der Waals surface area contributed by atoms with Crippen LogP contribution in [-0.4, -0.2) is 35.3 Å². The van der Waals surface area contributed by atoms with E-state index in [0.717, 1.165) is 6.42 Å². The standard InChI is InChI=1S/C11H17N3O2/c1-3-5-11(2)10(16)13-7-8-14(11)9(15)4-6-12/h3-5,7-8H2,1-2H3,(H,13,16)/t11-/m0/s1. The van der Waals surface area contributed by atoms with Crippen LogP contribution in [-0.2, 0) is 9.59 Å². The molecule has 1 atom stereocenters. The van der Waals surface area contributed by atoms with Crippen molar-refractivity contribution in [3.05, 3.63) is 0 Å². The first kappa shape index (κ1) is 12.5. The average Bonchev–Trinajstić information content (AvgIpc) is 2.23. The van der Waals surface area contributed by atoms with Gasteiger partial charge in [-0.25, -0.2) is 0 Å². The van der Waals surface area contributed by atoms with Crippen LogP contribution in [0.2, 0.25) is 0 Å². The van der Waals surface area contributed by atoms with E-state index in [9.17, 15) is 9.59 Å². The molecule has 1 N–H and O–H groups in total. The van der Waals surface area contributed by atoms with Crippen molar-refractivity contribution in [3.63, 3.8) is 0 Å². The summed E-state index contributed by atoms with van der Waals surface area (Å²) in [5.41, 5.74) is -0.791. The molecule has 1 aliphatic rings. The Hall–Kier alpha value is -1.57. The van der Waals surface area contributed by atoms with Gasteiger partial charge in [-0.2, -0.15) is 5.26 Å². The van der Waals surface area contributed by atoms with Crippen molar-refractivity contribution in [2.75, 3.05) is 13.1 Å². The van der Waals surface area contributed by atoms with Crippen LogP contribution < -0.4 is 5.32 Å². The van der Waals surface area contributed by atoms with Crippen molar-refractivity contribution in [1.29, 1.82) is 5.26 Å². The number of carbonyl (C=O) groups is 2. The predicted molar refractivity (Wildman–Crippen MR) is 58.3 cm³/mol. The number of piperazine rings is 1. The normalized spacial score (nSPS) is 24.8. The lowest BCUT2D eigenvalue weighted by atomic mass is 9.90. The Morgan fingerprint density at radius 1 is 1.69 bits per heavy atom. The second-order valence-electron chi connectivity index (χ2n) is 4.16. The molecule has 1 aliphatic heterocycles. The lowest BCUT2D eigenvalue weighted by molar-refractivity contribution is -0.150. The summed E-state index contributed by atoms with van der Waals surface area (Å²) in [6.45, 7) is 4.69. The highest BCUT2D eigenvalue weighted by molar-refractivity contribution is 5.92. The first-order valence-corrected chi connectivity index (χ1v) is 5.52. The van der Waals surface area contributed by atoms with Gasteiger partial charge in [-0.15, -0.1) is 0 Å². The van der Waals surface area contributed by atoms with Gasteiger partial charge in [-0.1, -0.05) is 13.3 Å². The topological polar surface area (TPSA) is 73.2 Å². The van der Waals surface area contributed by atoms with Crippen molar-refractivity contribution in [1.82, 2.24) is 10.2 Å². The lowest BCUT2D eigenvalue weighted by Crippen LogP contribution is -2.64. The number of amides is 2. The maximum absolute atomic E-state index is 11.8. The summed E-state index contributed by atoms with van der Waals surface area (Å²) < 4.78 is 0. The summed E-state index contributed by atoms with van der Waals surface area (Å²) >= 11 is 0. The van der Waals surface area contributed by atoms with Gasteiger partial charge in [0.25, 0.3) is 0 Å². The molecule has 1 rings (SSSR count). The maximum Gasteiger partial charge on any atom is 0.245 e. The van der Waals surface area contributed by atoms with Gasteiger partial charge in [-0.05, 0) is 13.3 Å². The highest BCUT2D eigenvalue weighted by Crippen LogP contribution is 2.24. The summed E-state index contributed by atoms with van der Waals surface area (Å²) in [4.78, 5) is 25.1. The molecule has 0 unspecified atom stereocenters. The van der Waals surface area contributed by atoms with Crippen molar-refractivity contribution >= 4 is 11.8 Å². The number of hydrogen-bond acceptors (Lipinski definition) is 3. The Balaban J connectivity index is 2.91. The quantitative estimate of drug-likeness (QED) is 0.753. The van der Waals surface area contributed by atoms with E-state index in [2.05, 4.69) is 5.32 Å². The van der Waals surface area contributed by atoms with E-state index in [-0.39, 0.29) is 18.2 Å². The van der Waals surface area contributed by atoms with Crippen molar-refractivity contribution < 1.29 is 9.59 Å². The van der Waals surface area contributed by atoms with E-state index in [1.165, 1.54) is 0 Å². The molecule has 0 aromatic heterocycles. The lowest BCUT2D eigenvalue weighted by Gasteiger charge is -2.43. The molecule has 1 heterocycles. The molecule has 0 radical (unpaired) electrons. The summed E-state index contributed by atoms with van der Waals surface area (Å²) in [6, 6.07) is 1.84. The van der Waals surface area contributed by atoms with E-state index < -0.39 is 5.54 Å². The Bertz CT molecular complexity index is 335. The van der Waals surface area contributed by atoms with Crippen molar-refractivity contribution in [2.45, 2.75) is 38.6 Å². The third-order valence-electron chi connectivity index (χ3n) is 2.97. The molecule has 16 heavy (non-hydrogen) atoms. The largest absolute Gasteiger partial charge is 0.352 e. The molecule has 5 nitrogen and oxygen atoms in total. The molecular weight excluding hydrogens is 206 g/mol. The molecule has 0 bridgehead atoms. The first-order chi connectivity index (χ1) is 7.56. The van der Waals surface area contributed by atoms with Gasteiger partial charge in [0.1, 0.15) is 12.0 Å². The Morgan fingerprint density at radius 2 is 2.38 bits per heavy atom. The molecule has 1 fully saturated rings. The fourth-order valence-electron chi connectivity index (χ4n) is 2.14. The highest BCUT2D eigenvalue weighted by Gasteiger charge is 2.43. The van der Waals surface area contributed by atoms with E-state index in [0.29, 0.717) is 19.5 Å². The van der Waals surface area contributed by atoms with Crippen LogP contribution in [0.4, 0.5) is 0 Å². The SMILES string of the molecule is CCC[C@@]1(C)C(=O)NCCN1C(=O)CC#N. The minimum Gasteiger partial charge on any atom is -0.352 e. The van der Waals surface area contributed by atoms with E-state index in [1.807, 2.05) is 13.0 Å². The first-order valence-electron chi connectivity index (χ1n) is 5.52. The molecule has 0 aliphatic carbocycles. The zero-order valence-electron chi connectivity index (χ0n) is 9.75. The Kier molecular flexibility index (Phi) is 3.88. The smallest absolute Gasteiger partial charge is 0.245 e. The highest BCUT2D eigenvalue weighted by atomic mass is 16.2. The molecule has 0 spiro atoms. The van der Waals surface area contributed by atoms with E-state index in [1.54, 1.807) is 11.8 Å². The third kappa shape index (κ3) is 2.16. The molecule has 2 amide bonds. The van der Waals surface area contributed by atoms with Crippen LogP contribution >= 0.6 is 0 Å². The van der Waals surface area contributed by atoms with Gasteiger partial charge in [0.05, 0.1) is 6.07 Å². The molecule has 0 aromatic carbocycles. The van der Waals surface area contributed by atoms with Crippen LogP contribution in [0.25, 0.3) is 0 Å². The average molecular weight is 223 g/mol. The number of carbonyl (C=O) groups excluding carboxylic acids is 2. The number of rotatable bonds is 3. The Labute approximate surface area is 95.4 Å².